The zero-order valence-corrected chi connectivity index (χ0v) is 18.4. The number of rotatable bonds is 5. The first-order chi connectivity index (χ1) is 15.9. The van der Waals surface area contributed by atoms with Gasteiger partial charge in [-0.1, -0.05) is 12.1 Å². The van der Waals surface area contributed by atoms with Crippen LogP contribution in [0, 0.1) is 11.6 Å². The Balaban J connectivity index is 1.76. The third-order valence-corrected chi connectivity index (χ3v) is 5.45. The van der Waals surface area contributed by atoms with Crippen molar-refractivity contribution in [3.63, 3.8) is 0 Å². The highest BCUT2D eigenvalue weighted by Gasteiger charge is 2.32. The van der Waals surface area contributed by atoms with Crippen LogP contribution in [-0.4, -0.2) is 35.3 Å². The van der Waals surface area contributed by atoms with Crippen molar-refractivity contribution in [3.8, 4) is 5.88 Å². The molecule has 0 aliphatic carbocycles. The smallest absolute Gasteiger partial charge is 0.274 e. The van der Waals surface area contributed by atoms with Crippen LogP contribution in [0.1, 0.15) is 28.5 Å². The predicted molar refractivity (Wildman–Crippen MR) is 121 cm³/mol. The molecule has 1 N–H and O–H groups in total. The van der Waals surface area contributed by atoms with Crippen molar-refractivity contribution in [1.29, 1.82) is 0 Å². The van der Waals surface area contributed by atoms with Crippen molar-refractivity contribution in [2.75, 3.05) is 22.7 Å². The highest BCUT2D eigenvalue weighted by molar-refractivity contribution is 6.29. The Kier molecular flexibility index (Phi) is 6.55. The standard InChI is InChI=1S/C24H20ClF2N3O3/c1-14-13-33-24-20(30(14)21(31)12-25)11-16(10-15-2-4-17(26)5-3-15)22(29-24)23(32)28-19-8-6-18(27)7-9-19/h2-9,11,14H,10,12-13H2,1H3,(H,28,32). The van der Waals surface area contributed by atoms with E-state index in [2.05, 4.69) is 10.3 Å². The summed E-state index contributed by atoms with van der Waals surface area (Å²) >= 11 is 5.81. The summed E-state index contributed by atoms with van der Waals surface area (Å²) in [6.07, 6.45) is 0.254. The molecule has 0 fully saturated rings. The maximum atomic E-state index is 13.4. The number of hydrogen-bond acceptors (Lipinski definition) is 4. The monoisotopic (exact) mass is 471 g/mol. The summed E-state index contributed by atoms with van der Waals surface area (Å²) in [7, 11) is 0. The van der Waals surface area contributed by atoms with Crippen LogP contribution in [0.4, 0.5) is 20.2 Å². The molecule has 1 aromatic heterocycles. The summed E-state index contributed by atoms with van der Waals surface area (Å²) in [5, 5.41) is 2.70. The first kappa shape index (κ1) is 22.7. The van der Waals surface area contributed by atoms with Crippen LogP contribution in [0.15, 0.2) is 54.6 Å². The van der Waals surface area contributed by atoms with Gasteiger partial charge in [0.1, 0.15) is 35.5 Å². The minimum absolute atomic E-state index is 0.0789. The first-order valence-electron chi connectivity index (χ1n) is 10.2. The maximum Gasteiger partial charge on any atom is 0.274 e. The molecule has 1 aliphatic rings. The Morgan fingerprint density at radius 2 is 1.76 bits per heavy atom. The molecule has 170 valence electrons. The highest BCUT2D eigenvalue weighted by Crippen LogP contribution is 2.35. The molecule has 6 nitrogen and oxygen atoms in total. The Hall–Kier alpha value is -3.52. The largest absolute Gasteiger partial charge is 0.474 e. The van der Waals surface area contributed by atoms with E-state index in [1.807, 2.05) is 6.92 Å². The van der Waals surface area contributed by atoms with E-state index < -0.39 is 11.7 Å². The molecule has 0 bridgehead atoms. The molecule has 9 heteroatoms. The fourth-order valence-corrected chi connectivity index (χ4v) is 3.77. The number of fused-ring (bicyclic) bond motifs is 1. The Morgan fingerprint density at radius 1 is 1.12 bits per heavy atom. The van der Waals surface area contributed by atoms with Crippen molar-refractivity contribution in [2.45, 2.75) is 19.4 Å². The molecule has 4 rings (SSSR count). The predicted octanol–water partition coefficient (Wildman–Crippen LogP) is 4.56. The van der Waals surface area contributed by atoms with Gasteiger partial charge in [0, 0.05) is 5.69 Å². The minimum Gasteiger partial charge on any atom is -0.474 e. The second-order valence-corrected chi connectivity index (χ2v) is 7.91. The number of aromatic nitrogens is 1. The molecule has 2 heterocycles. The van der Waals surface area contributed by atoms with Crippen LogP contribution < -0.4 is 15.0 Å². The van der Waals surface area contributed by atoms with Gasteiger partial charge in [-0.25, -0.2) is 13.8 Å². The van der Waals surface area contributed by atoms with E-state index in [-0.39, 0.29) is 48.2 Å². The van der Waals surface area contributed by atoms with Crippen LogP contribution in [0.2, 0.25) is 0 Å². The van der Waals surface area contributed by atoms with Crippen molar-refractivity contribution in [2.24, 2.45) is 0 Å². The number of pyridine rings is 1. The third kappa shape index (κ3) is 4.96. The summed E-state index contributed by atoms with van der Waals surface area (Å²) in [6, 6.07) is 12.6. The highest BCUT2D eigenvalue weighted by atomic mass is 35.5. The average Bonchev–Trinajstić information content (AvgIpc) is 2.81. The SMILES string of the molecule is CC1COc2nc(C(=O)Nc3ccc(F)cc3)c(Cc3ccc(F)cc3)cc2N1C(=O)CCl. The van der Waals surface area contributed by atoms with Crippen molar-refractivity contribution in [3.05, 3.63) is 83.1 Å². The van der Waals surface area contributed by atoms with Crippen LogP contribution in [-0.2, 0) is 11.2 Å². The van der Waals surface area contributed by atoms with E-state index >= 15 is 0 Å². The van der Waals surface area contributed by atoms with Gasteiger partial charge in [-0.3, -0.25) is 9.59 Å². The third-order valence-electron chi connectivity index (χ3n) is 5.22. The number of ether oxygens (including phenoxy) is 1. The normalized spacial score (nSPS) is 14.9. The summed E-state index contributed by atoms with van der Waals surface area (Å²) in [5.74, 6) is -1.73. The Bertz CT molecular complexity index is 1190. The molecule has 2 amide bonds. The summed E-state index contributed by atoms with van der Waals surface area (Å²) in [6.45, 7) is 2.02. The Labute approximate surface area is 194 Å². The van der Waals surface area contributed by atoms with Gasteiger partial charge in [-0.2, -0.15) is 0 Å². The van der Waals surface area contributed by atoms with Crippen LogP contribution in [0.3, 0.4) is 0 Å². The van der Waals surface area contributed by atoms with Crippen LogP contribution in [0.25, 0.3) is 0 Å². The van der Waals surface area contributed by atoms with E-state index in [1.165, 1.54) is 41.3 Å². The molecule has 1 unspecified atom stereocenters. The number of carbonyl (C=O) groups is 2. The fraction of sp³-hybridized carbons (Fsp3) is 0.208. The lowest BCUT2D eigenvalue weighted by Crippen LogP contribution is -2.46. The van der Waals surface area contributed by atoms with Crippen LogP contribution in [0.5, 0.6) is 5.88 Å². The second-order valence-electron chi connectivity index (χ2n) is 7.64. The van der Waals surface area contributed by atoms with Gasteiger partial charge in [-0.15, -0.1) is 11.6 Å². The lowest BCUT2D eigenvalue weighted by Gasteiger charge is -2.34. The van der Waals surface area contributed by atoms with E-state index in [9.17, 15) is 18.4 Å². The van der Waals surface area contributed by atoms with Gasteiger partial charge in [0.25, 0.3) is 5.91 Å². The topological polar surface area (TPSA) is 71.5 Å². The second kappa shape index (κ2) is 9.54. The van der Waals surface area contributed by atoms with Gasteiger partial charge >= 0.3 is 0 Å². The van der Waals surface area contributed by atoms with E-state index in [0.717, 1.165) is 5.56 Å². The Morgan fingerprint density at radius 3 is 2.39 bits per heavy atom. The van der Waals surface area contributed by atoms with Gasteiger partial charge in [0.2, 0.25) is 11.8 Å². The van der Waals surface area contributed by atoms with Gasteiger partial charge in [0.15, 0.2) is 0 Å². The molecule has 0 spiro atoms. The summed E-state index contributed by atoms with van der Waals surface area (Å²) in [5.41, 5.74) is 2.13. The summed E-state index contributed by atoms with van der Waals surface area (Å²) in [4.78, 5) is 31.5. The zero-order valence-electron chi connectivity index (χ0n) is 17.6. The molecule has 1 atom stereocenters. The number of anilines is 2. The molecule has 3 aromatic rings. The van der Waals surface area contributed by atoms with Crippen LogP contribution >= 0.6 is 11.6 Å². The number of carbonyl (C=O) groups excluding carboxylic acids is 2. The molecule has 2 aromatic carbocycles. The lowest BCUT2D eigenvalue weighted by atomic mass is 10.0. The van der Waals surface area contributed by atoms with E-state index in [1.54, 1.807) is 18.2 Å². The number of amides is 2. The lowest BCUT2D eigenvalue weighted by molar-refractivity contribution is -0.117. The molecule has 1 aliphatic heterocycles. The average molecular weight is 472 g/mol. The van der Waals surface area contributed by atoms with E-state index in [0.29, 0.717) is 16.9 Å². The number of nitrogens with zero attached hydrogens (tertiary/aromatic N) is 2. The van der Waals surface area contributed by atoms with Gasteiger partial charge in [0.05, 0.1) is 6.04 Å². The molecular weight excluding hydrogens is 452 g/mol. The van der Waals surface area contributed by atoms with Gasteiger partial charge in [-0.05, 0) is 66.9 Å². The minimum atomic E-state index is -0.529. The van der Waals surface area contributed by atoms with Crippen molar-refractivity contribution < 1.29 is 23.1 Å². The first-order valence-corrected chi connectivity index (χ1v) is 10.7. The molecule has 0 saturated carbocycles. The van der Waals surface area contributed by atoms with Crippen molar-refractivity contribution in [1.82, 2.24) is 4.98 Å². The molecular formula is C24H20ClF2N3O3. The number of nitrogens with one attached hydrogen (secondary N) is 1. The number of benzene rings is 2. The molecule has 33 heavy (non-hydrogen) atoms. The molecule has 0 radical (unpaired) electrons. The summed E-state index contributed by atoms with van der Waals surface area (Å²) < 4.78 is 32.3. The zero-order chi connectivity index (χ0) is 23.5. The fourth-order valence-electron chi connectivity index (χ4n) is 3.64. The van der Waals surface area contributed by atoms with Gasteiger partial charge < -0.3 is 15.0 Å². The van der Waals surface area contributed by atoms with Crippen molar-refractivity contribution >= 4 is 34.8 Å². The number of alkyl halides is 1. The van der Waals surface area contributed by atoms with E-state index in [4.69, 9.17) is 16.3 Å². The molecule has 0 saturated heterocycles. The quantitative estimate of drug-likeness (QED) is 0.554. The maximum absolute atomic E-state index is 13.4. The number of halogens is 3. The number of hydrogen-bond donors (Lipinski definition) is 1.